The third-order valence-electron chi connectivity index (χ3n) is 5.09. The molecule has 21 heavy (non-hydrogen) atoms. The maximum Gasteiger partial charge on any atom is 0.324 e. The van der Waals surface area contributed by atoms with Crippen molar-refractivity contribution in [2.24, 2.45) is 17.8 Å². The van der Waals surface area contributed by atoms with Crippen molar-refractivity contribution in [2.75, 3.05) is 7.11 Å². The average molecular weight is 304 g/mol. The average Bonchev–Trinajstić information content (AvgIpc) is 3.07. The highest BCUT2D eigenvalue weighted by atomic mass is 32.2. The first-order chi connectivity index (χ1) is 10.2. The monoisotopic (exact) mass is 304 g/mol. The molecular formula is C16H16O4S. The van der Waals surface area contributed by atoms with Gasteiger partial charge in [-0.05, 0) is 30.9 Å². The number of carbonyl (C=O) groups excluding carboxylic acids is 2. The molecule has 4 nitrogen and oxygen atoms in total. The van der Waals surface area contributed by atoms with E-state index in [0.29, 0.717) is 0 Å². The second-order valence-corrected chi connectivity index (χ2v) is 7.34. The number of benzene rings is 1. The molecule has 1 aromatic carbocycles. The summed E-state index contributed by atoms with van der Waals surface area (Å²) >= 11 is 1.49. The van der Waals surface area contributed by atoms with Gasteiger partial charge in [-0.3, -0.25) is 9.59 Å². The lowest BCUT2D eigenvalue weighted by atomic mass is 9.79. The summed E-state index contributed by atoms with van der Waals surface area (Å²) in [6, 6.07) is 9.77. The molecule has 1 aromatic rings. The molecule has 110 valence electrons. The summed E-state index contributed by atoms with van der Waals surface area (Å²) in [5.74, 6) is -0.562. The highest BCUT2D eigenvalue weighted by Crippen LogP contribution is 2.66. The zero-order valence-electron chi connectivity index (χ0n) is 11.7. The van der Waals surface area contributed by atoms with Crippen LogP contribution in [0, 0.1) is 17.8 Å². The number of hydrogen-bond donors (Lipinski definition) is 0. The molecule has 2 aliphatic carbocycles. The van der Waals surface area contributed by atoms with Gasteiger partial charge >= 0.3 is 11.9 Å². The maximum absolute atomic E-state index is 12.6. The third kappa shape index (κ3) is 1.64. The molecule has 0 N–H and O–H groups in total. The molecule has 0 aromatic heterocycles. The second-order valence-electron chi connectivity index (χ2n) is 5.99. The quantitative estimate of drug-likeness (QED) is 0.802. The number of hydrogen-bond acceptors (Lipinski definition) is 5. The molecule has 5 heteroatoms. The van der Waals surface area contributed by atoms with Gasteiger partial charge < -0.3 is 9.47 Å². The molecule has 0 radical (unpaired) electrons. The van der Waals surface area contributed by atoms with Crippen molar-refractivity contribution in [3.8, 4) is 0 Å². The Labute approximate surface area is 127 Å². The molecule has 2 saturated carbocycles. The summed E-state index contributed by atoms with van der Waals surface area (Å²) in [4.78, 5) is 25.9. The predicted octanol–water partition coefficient (Wildman–Crippen LogP) is 2.27. The van der Waals surface area contributed by atoms with Gasteiger partial charge in [0, 0.05) is 10.8 Å². The molecule has 0 unspecified atom stereocenters. The minimum atomic E-state index is -0.790. The maximum atomic E-state index is 12.6. The Morgan fingerprint density at radius 3 is 2.81 bits per heavy atom. The Kier molecular flexibility index (Phi) is 2.83. The SMILES string of the molecule is COC(=O)[C@@H]1[C@H]2C[C@H]3OC(=O)[C@]1(Sc1ccccc1)[C@H]3C2. The second kappa shape index (κ2) is 4.50. The Hall–Kier alpha value is -1.49. The first-order valence-corrected chi connectivity index (χ1v) is 8.01. The van der Waals surface area contributed by atoms with Crippen LogP contribution >= 0.6 is 11.8 Å². The Morgan fingerprint density at radius 2 is 2.10 bits per heavy atom. The molecule has 1 saturated heterocycles. The summed E-state index contributed by atoms with van der Waals surface area (Å²) in [5.41, 5.74) is 0. The van der Waals surface area contributed by atoms with Crippen LogP contribution in [0.1, 0.15) is 12.8 Å². The van der Waals surface area contributed by atoms with Crippen LogP contribution in [0.15, 0.2) is 35.2 Å². The van der Waals surface area contributed by atoms with Crippen molar-refractivity contribution < 1.29 is 19.1 Å². The minimum absolute atomic E-state index is 0.0142. The van der Waals surface area contributed by atoms with Crippen LogP contribution in [-0.4, -0.2) is 29.9 Å². The van der Waals surface area contributed by atoms with Crippen LogP contribution in [0.2, 0.25) is 0 Å². The largest absolute Gasteiger partial charge is 0.469 e. The summed E-state index contributed by atoms with van der Waals surface area (Å²) in [5, 5.41) is 0. The first-order valence-electron chi connectivity index (χ1n) is 7.20. The standard InChI is InChI=1S/C16H16O4S/c1-19-14(17)13-9-7-11-12(8-9)20-15(18)16(11,13)21-10-5-3-2-4-6-10/h2-6,9,11-13H,7-8H2,1H3/t9-,11+,12-,13+,16+/m1/s1. The van der Waals surface area contributed by atoms with Gasteiger partial charge in [-0.1, -0.05) is 18.2 Å². The van der Waals surface area contributed by atoms with E-state index in [0.717, 1.165) is 17.7 Å². The van der Waals surface area contributed by atoms with E-state index in [1.165, 1.54) is 18.9 Å². The van der Waals surface area contributed by atoms with Gasteiger partial charge in [0.05, 0.1) is 13.0 Å². The van der Waals surface area contributed by atoms with Gasteiger partial charge in [0.25, 0.3) is 0 Å². The molecule has 0 amide bonds. The fourth-order valence-corrected chi connectivity index (χ4v) is 5.97. The van der Waals surface area contributed by atoms with Crippen molar-refractivity contribution in [1.82, 2.24) is 0 Å². The van der Waals surface area contributed by atoms with E-state index < -0.39 is 4.75 Å². The highest BCUT2D eigenvalue weighted by Gasteiger charge is 2.74. The van der Waals surface area contributed by atoms with Crippen molar-refractivity contribution in [2.45, 2.75) is 28.6 Å². The van der Waals surface area contributed by atoms with E-state index in [-0.39, 0.29) is 35.8 Å². The van der Waals surface area contributed by atoms with Crippen molar-refractivity contribution in [3.05, 3.63) is 30.3 Å². The van der Waals surface area contributed by atoms with Gasteiger partial charge in [0.15, 0.2) is 0 Å². The van der Waals surface area contributed by atoms with E-state index in [9.17, 15) is 9.59 Å². The van der Waals surface area contributed by atoms with Gasteiger partial charge in [0.2, 0.25) is 0 Å². The lowest BCUT2D eigenvalue weighted by Crippen LogP contribution is -2.47. The molecule has 2 bridgehead atoms. The van der Waals surface area contributed by atoms with Crippen LogP contribution in [0.3, 0.4) is 0 Å². The van der Waals surface area contributed by atoms with Gasteiger partial charge in [-0.2, -0.15) is 0 Å². The van der Waals surface area contributed by atoms with Crippen molar-refractivity contribution in [3.63, 3.8) is 0 Å². The lowest BCUT2D eigenvalue weighted by Gasteiger charge is -2.33. The molecule has 4 rings (SSSR count). The first kappa shape index (κ1) is 13.2. The summed E-state index contributed by atoms with van der Waals surface area (Å²) in [7, 11) is 1.40. The Morgan fingerprint density at radius 1 is 1.33 bits per heavy atom. The van der Waals surface area contributed by atoms with E-state index >= 15 is 0 Å². The number of methoxy groups -OCH3 is 1. The highest BCUT2D eigenvalue weighted by molar-refractivity contribution is 8.01. The lowest BCUT2D eigenvalue weighted by molar-refractivity contribution is -0.152. The van der Waals surface area contributed by atoms with Crippen LogP contribution < -0.4 is 0 Å². The molecule has 1 heterocycles. The molecular weight excluding hydrogens is 288 g/mol. The van der Waals surface area contributed by atoms with Crippen molar-refractivity contribution >= 4 is 23.7 Å². The van der Waals surface area contributed by atoms with Crippen molar-refractivity contribution in [1.29, 1.82) is 0 Å². The minimum Gasteiger partial charge on any atom is -0.469 e. The van der Waals surface area contributed by atoms with Gasteiger partial charge in [-0.25, -0.2) is 0 Å². The number of thioether (sulfide) groups is 1. The molecule has 3 aliphatic rings. The molecule has 5 atom stereocenters. The zero-order chi connectivity index (χ0) is 14.6. The number of carbonyl (C=O) groups is 2. The normalized spacial score (nSPS) is 39.4. The van der Waals surface area contributed by atoms with Gasteiger partial charge in [-0.15, -0.1) is 11.8 Å². The summed E-state index contributed by atoms with van der Waals surface area (Å²) in [6.07, 6.45) is 1.67. The molecule has 1 aliphatic heterocycles. The molecule has 3 fully saturated rings. The van der Waals surface area contributed by atoms with Crippen LogP contribution in [0.4, 0.5) is 0 Å². The van der Waals surface area contributed by atoms with Crippen LogP contribution in [0.5, 0.6) is 0 Å². The number of ether oxygens (including phenoxy) is 2. The Balaban J connectivity index is 1.78. The fourth-order valence-electron chi connectivity index (χ4n) is 4.34. The fraction of sp³-hybridized carbons (Fsp3) is 0.500. The third-order valence-corrected chi connectivity index (χ3v) is 6.66. The topological polar surface area (TPSA) is 52.6 Å². The van der Waals surface area contributed by atoms with Crippen LogP contribution in [-0.2, 0) is 19.1 Å². The van der Waals surface area contributed by atoms with Crippen LogP contribution in [0.25, 0.3) is 0 Å². The predicted molar refractivity (Wildman–Crippen MR) is 76.6 cm³/mol. The van der Waals surface area contributed by atoms with E-state index in [2.05, 4.69) is 0 Å². The van der Waals surface area contributed by atoms with E-state index in [1.54, 1.807) is 0 Å². The van der Waals surface area contributed by atoms with E-state index in [4.69, 9.17) is 9.47 Å². The zero-order valence-corrected chi connectivity index (χ0v) is 12.5. The molecule has 0 spiro atoms. The van der Waals surface area contributed by atoms with E-state index in [1.807, 2.05) is 30.3 Å². The Bertz CT molecular complexity index is 602. The smallest absolute Gasteiger partial charge is 0.324 e. The number of rotatable bonds is 3. The number of esters is 2. The summed E-state index contributed by atoms with van der Waals surface area (Å²) in [6.45, 7) is 0. The summed E-state index contributed by atoms with van der Waals surface area (Å²) < 4.78 is 9.77. The van der Waals surface area contributed by atoms with Gasteiger partial charge in [0.1, 0.15) is 10.9 Å². The number of fused-ring (bicyclic) bond motifs is 1.